The van der Waals surface area contributed by atoms with Gasteiger partial charge in [0.2, 0.25) is 0 Å². The summed E-state index contributed by atoms with van der Waals surface area (Å²) in [7, 11) is 0. The van der Waals surface area contributed by atoms with Crippen molar-refractivity contribution < 1.29 is 14.6 Å². The fraction of sp³-hybridized carbons (Fsp3) is 0.944. The van der Waals surface area contributed by atoms with Gasteiger partial charge in [-0.25, -0.2) is 0 Å². The molecule has 120 valence electrons. The summed E-state index contributed by atoms with van der Waals surface area (Å²) in [4.78, 5) is 11.7. The number of Topliss-reactive ketones (excluding diaryl/α,β-unsaturated/α-hetero) is 1. The van der Waals surface area contributed by atoms with Gasteiger partial charge in [-0.2, -0.15) is 0 Å². The molecule has 6 atom stereocenters. The number of aliphatic hydroxyl groups is 1. The molecular weight excluding hydrogens is 264 g/mol. The fourth-order valence-corrected chi connectivity index (χ4v) is 5.99. The highest BCUT2D eigenvalue weighted by Gasteiger charge is 2.65. The molecular formula is C18H30O3. The first-order chi connectivity index (χ1) is 9.59. The minimum atomic E-state index is -0.715. The average Bonchev–Trinajstić information content (AvgIpc) is 3.05. The van der Waals surface area contributed by atoms with E-state index in [1.165, 1.54) is 12.8 Å². The predicted molar refractivity (Wildman–Crippen MR) is 81.9 cm³/mol. The van der Waals surface area contributed by atoms with E-state index in [9.17, 15) is 9.90 Å². The Morgan fingerprint density at radius 1 is 1.14 bits per heavy atom. The molecule has 3 aliphatic rings. The Morgan fingerprint density at radius 3 is 2.38 bits per heavy atom. The van der Waals surface area contributed by atoms with E-state index < -0.39 is 5.60 Å². The molecule has 21 heavy (non-hydrogen) atoms. The lowest BCUT2D eigenvalue weighted by molar-refractivity contribution is -0.173. The molecule has 1 heterocycles. The van der Waals surface area contributed by atoms with Gasteiger partial charge in [0.15, 0.2) is 5.78 Å². The standard InChI is InChI=1S/C18H30O3/c1-11(19)13-14(21-13)15-17(4)9-6-8-16(2,3)12(17)7-10-18(15,5)20/h12-15,20H,6-10H2,1-5H3/t12-,13-,14+,15+,17-,18+/m0/s1. The molecule has 3 rings (SSSR count). The van der Waals surface area contributed by atoms with E-state index in [-0.39, 0.29) is 29.3 Å². The van der Waals surface area contributed by atoms with E-state index in [0.717, 1.165) is 19.3 Å². The maximum atomic E-state index is 11.7. The van der Waals surface area contributed by atoms with E-state index in [2.05, 4.69) is 20.8 Å². The number of hydrogen-bond acceptors (Lipinski definition) is 3. The van der Waals surface area contributed by atoms with Crippen molar-refractivity contribution in [3.63, 3.8) is 0 Å². The predicted octanol–water partition coefficient (Wildman–Crippen LogP) is 3.34. The van der Waals surface area contributed by atoms with E-state index in [4.69, 9.17) is 4.74 Å². The van der Waals surface area contributed by atoms with Crippen LogP contribution in [0.3, 0.4) is 0 Å². The zero-order valence-corrected chi connectivity index (χ0v) is 14.1. The molecule has 0 aromatic rings. The molecule has 0 amide bonds. The number of fused-ring (bicyclic) bond motifs is 1. The van der Waals surface area contributed by atoms with Crippen molar-refractivity contribution >= 4 is 5.78 Å². The lowest BCUT2D eigenvalue weighted by Crippen LogP contribution is -2.59. The molecule has 0 bridgehead atoms. The molecule has 0 unspecified atom stereocenters. The zero-order valence-electron chi connectivity index (χ0n) is 14.1. The van der Waals surface area contributed by atoms with E-state index in [1.807, 2.05) is 6.92 Å². The van der Waals surface area contributed by atoms with Crippen LogP contribution >= 0.6 is 0 Å². The Labute approximate surface area is 128 Å². The number of hydrogen-bond donors (Lipinski definition) is 1. The quantitative estimate of drug-likeness (QED) is 0.795. The topological polar surface area (TPSA) is 49.8 Å². The molecule has 2 saturated carbocycles. The molecule has 3 nitrogen and oxygen atoms in total. The number of carbonyl (C=O) groups excluding carboxylic acids is 1. The normalized spacial score (nSPS) is 52.1. The van der Waals surface area contributed by atoms with Crippen molar-refractivity contribution in [3.05, 3.63) is 0 Å². The minimum absolute atomic E-state index is 0.0702. The zero-order chi connectivity index (χ0) is 15.6. The van der Waals surface area contributed by atoms with Gasteiger partial charge in [0, 0.05) is 5.92 Å². The second-order valence-corrected chi connectivity index (χ2v) is 8.91. The van der Waals surface area contributed by atoms with Crippen LogP contribution in [0.25, 0.3) is 0 Å². The average molecular weight is 294 g/mol. The summed E-state index contributed by atoms with van der Waals surface area (Å²) < 4.78 is 5.73. The van der Waals surface area contributed by atoms with Gasteiger partial charge in [-0.3, -0.25) is 4.79 Å². The van der Waals surface area contributed by atoms with Crippen molar-refractivity contribution in [2.45, 2.75) is 84.5 Å². The van der Waals surface area contributed by atoms with Gasteiger partial charge in [0.25, 0.3) is 0 Å². The fourth-order valence-electron chi connectivity index (χ4n) is 5.99. The number of ketones is 1. The van der Waals surface area contributed by atoms with Crippen LogP contribution in [-0.2, 0) is 9.53 Å². The summed E-state index contributed by atoms with van der Waals surface area (Å²) in [6, 6.07) is 0. The Morgan fingerprint density at radius 2 is 1.81 bits per heavy atom. The van der Waals surface area contributed by atoms with Crippen molar-refractivity contribution in [1.82, 2.24) is 0 Å². The molecule has 0 aromatic carbocycles. The third kappa shape index (κ3) is 2.28. The summed E-state index contributed by atoms with van der Waals surface area (Å²) in [6.45, 7) is 10.7. The third-order valence-electron chi connectivity index (χ3n) is 6.85. The van der Waals surface area contributed by atoms with Crippen LogP contribution in [0, 0.1) is 22.7 Å². The second kappa shape index (κ2) is 4.55. The summed E-state index contributed by atoms with van der Waals surface area (Å²) in [5.74, 6) is 0.801. The lowest BCUT2D eigenvalue weighted by Gasteiger charge is -2.61. The van der Waals surface area contributed by atoms with Gasteiger partial charge in [-0.15, -0.1) is 0 Å². The Kier molecular flexibility index (Phi) is 3.35. The Balaban J connectivity index is 1.96. The number of carbonyl (C=O) groups is 1. The van der Waals surface area contributed by atoms with Gasteiger partial charge >= 0.3 is 0 Å². The summed E-state index contributed by atoms with van der Waals surface area (Å²) in [5.41, 5.74) is -0.311. The maximum absolute atomic E-state index is 11.7. The van der Waals surface area contributed by atoms with Crippen LogP contribution in [0.15, 0.2) is 0 Å². The van der Waals surface area contributed by atoms with Crippen LogP contribution < -0.4 is 0 Å². The molecule has 0 spiro atoms. The van der Waals surface area contributed by atoms with Gasteiger partial charge < -0.3 is 9.84 Å². The number of rotatable bonds is 2. The minimum Gasteiger partial charge on any atom is -0.390 e. The van der Waals surface area contributed by atoms with Crippen LogP contribution in [0.2, 0.25) is 0 Å². The molecule has 3 fully saturated rings. The van der Waals surface area contributed by atoms with Gasteiger partial charge in [0.1, 0.15) is 6.10 Å². The van der Waals surface area contributed by atoms with Crippen LogP contribution in [0.4, 0.5) is 0 Å². The molecule has 2 aliphatic carbocycles. The molecule has 1 saturated heterocycles. The Bertz CT molecular complexity index is 453. The highest BCUT2D eigenvalue weighted by Crippen LogP contribution is 2.64. The highest BCUT2D eigenvalue weighted by molar-refractivity contribution is 5.83. The first kappa shape index (κ1) is 15.5. The van der Waals surface area contributed by atoms with E-state index >= 15 is 0 Å². The maximum Gasteiger partial charge on any atom is 0.161 e. The van der Waals surface area contributed by atoms with Crippen LogP contribution in [0.5, 0.6) is 0 Å². The summed E-state index contributed by atoms with van der Waals surface area (Å²) >= 11 is 0. The molecule has 0 radical (unpaired) electrons. The lowest BCUT2D eigenvalue weighted by atomic mass is 9.45. The van der Waals surface area contributed by atoms with Crippen molar-refractivity contribution in [3.8, 4) is 0 Å². The third-order valence-corrected chi connectivity index (χ3v) is 6.85. The monoisotopic (exact) mass is 294 g/mol. The number of ether oxygens (including phenoxy) is 1. The molecule has 3 heteroatoms. The van der Waals surface area contributed by atoms with Crippen molar-refractivity contribution in [2.24, 2.45) is 22.7 Å². The van der Waals surface area contributed by atoms with E-state index in [0.29, 0.717) is 11.3 Å². The second-order valence-electron chi connectivity index (χ2n) is 8.91. The first-order valence-electron chi connectivity index (χ1n) is 8.48. The van der Waals surface area contributed by atoms with Gasteiger partial charge in [0.05, 0.1) is 11.7 Å². The SMILES string of the molecule is CC(=O)[C@@H]1O[C@H]1[C@@H]1[C@@]2(C)CCCC(C)(C)[C@@H]2CC[C@@]1(C)O. The molecule has 1 aliphatic heterocycles. The highest BCUT2D eigenvalue weighted by atomic mass is 16.6. The van der Waals surface area contributed by atoms with Gasteiger partial charge in [-0.05, 0) is 56.3 Å². The van der Waals surface area contributed by atoms with Crippen molar-refractivity contribution in [1.29, 1.82) is 0 Å². The number of epoxide rings is 1. The summed E-state index contributed by atoms with van der Waals surface area (Å²) in [6.07, 6.45) is 5.19. The van der Waals surface area contributed by atoms with Crippen molar-refractivity contribution in [2.75, 3.05) is 0 Å². The molecule has 1 N–H and O–H groups in total. The van der Waals surface area contributed by atoms with Crippen LogP contribution in [0.1, 0.15) is 66.7 Å². The smallest absolute Gasteiger partial charge is 0.161 e. The summed E-state index contributed by atoms with van der Waals surface area (Å²) in [5, 5.41) is 11.0. The van der Waals surface area contributed by atoms with Gasteiger partial charge in [-0.1, -0.05) is 27.2 Å². The molecule has 0 aromatic heterocycles. The van der Waals surface area contributed by atoms with Crippen LogP contribution in [-0.4, -0.2) is 28.7 Å². The van der Waals surface area contributed by atoms with E-state index in [1.54, 1.807) is 6.92 Å². The first-order valence-corrected chi connectivity index (χ1v) is 8.48. The largest absolute Gasteiger partial charge is 0.390 e. The Hall–Kier alpha value is -0.410.